The summed E-state index contributed by atoms with van der Waals surface area (Å²) in [5.74, 6) is 0.516. The zero-order chi connectivity index (χ0) is 23.8. The Labute approximate surface area is 199 Å². The summed E-state index contributed by atoms with van der Waals surface area (Å²) in [6.07, 6.45) is 0.836. The molecule has 5 rings (SSSR count). The first kappa shape index (κ1) is 21.8. The maximum Gasteiger partial charge on any atom is 0.282 e. The summed E-state index contributed by atoms with van der Waals surface area (Å²) >= 11 is 0. The summed E-state index contributed by atoms with van der Waals surface area (Å²) in [6.45, 7) is 4.53. The van der Waals surface area contributed by atoms with Crippen LogP contribution in [0, 0.1) is 0 Å². The van der Waals surface area contributed by atoms with Crippen molar-refractivity contribution in [3.05, 3.63) is 89.6 Å². The molecule has 3 aromatic rings. The van der Waals surface area contributed by atoms with Gasteiger partial charge in [-0.05, 0) is 62.2 Å². The van der Waals surface area contributed by atoms with Crippen molar-refractivity contribution in [3.8, 4) is 11.5 Å². The smallest absolute Gasteiger partial charge is 0.282 e. The molecule has 0 bridgehead atoms. The normalized spacial score (nSPS) is 15.4. The van der Waals surface area contributed by atoms with Crippen LogP contribution < -0.4 is 19.3 Å². The predicted octanol–water partition coefficient (Wildman–Crippen LogP) is 4.83. The van der Waals surface area contributed by atoms with Gasteiger partial charge in [0.1, 0.15) is 17.2 Å². The van der Waals surface area contributed by atoms with E-state index < -0.39 is 0 Å². The molecule has 2 heterocycles. The van der Waals surface area contributed by atoms with Crippen molar-refractivity contribution in [2.24, 2.45) is 0 Å². The Morgan fingerprint density at radius 3 is 2.29 bits per heavy atom. The molecule has 0 saturated carbocycles. The zero-order valence-corrected chi connectivity index (χ0v) is 19.4. The Kier molecular flexibility index (Phi) is 5.57. The van der Waals surface area contributed by atoms with Gasteiger partial charge in [-0.15, -0.1) is 0 Å². The number of benzene rings is 3. The van der Waals surface area contributed by atoms with Crippen molar-refractivity contribution in [2.45, 2.75) is 26.4 Å². The fraction of sp³-hybridized carbons (Fsp3) is 0.214. The van der Waals surface area contributed by atoms with Crippen molar-refractivity contribution >= 4 is 28.8 Å². The summed E-state index contributed by atoms with van der Waals surface area (Å²) in [6, 6.07) is 22.4. The minimum absolute atomic E-state index is 0.0292. The first-order valence-electron chi connectivity index (χ1n) is 11.4. The van der Waals surface area contributed by atoms with Crippen molar-refractivity contribution in [1.82, 2.24) is 0 Å². The monoisotopic (exact) mass is 454 g/mol. The lowest BCUT2D eigenvalue weighted by molar-refractivity contribution is -0.120. The highest BCUT2D eigenvalue weighted by molar-refractivity contribution is 6.46. The van der Waals surface area contributed by atoms with Gasteiger partial charge in [-0.3, -0.25) is 9.59 Å². The van der Waals surface area contributed by atoms with Crippen LogP contribution >= 0.6 is 0 Å². The highest BCUT2D eigenvalue weighted by atomic mass is 16.5. The van der Waals surface area contributed by atoms with Crippen LogP contribution in [0.5, 0.6) is 11.5 Å². The average Bonchev–Trinajstić information content (AvgIpc) is 3.37. The minimum Gasteiger partial charge on any atom is -0.496 e. The molecule has 0 saturated heterocycles. The van der Waals surface area contributed by atoms with Gasteiger partial charge < -0.3 is 14.4 Å². The molecular formula is C28H26N2O4. The maximum absolute atomic E-state index is 13.9. The van der Waals surface area contributed by atoms with Gasteiger partial charge in [0.05, 0.1) is 24.5 Å². The highest BCUT2D eigenvalue weighted by Gasteiger charge is 2.44. The lowest BCUT2D eigenvalue weighted by Crippen LogP contribution is -2.34. The van der Waals surface area contributed by atoms with Crippen LogP contribution in [0.4, 0.5) is 11.4 Å². The number of carbonyl (C=O) groups is 2. The standard InChI is InChI=1S/C28H26N2O4/c1-18(2)34-21-14-12-20(13-15-21)30-27(31)25(22-9-5-7-11-24(22)33-3)26(28(30)32)29-17-16-19-8-4-6-10-23(19)29/h4-15,18H,16-17H2,1-3H3. The van der Waals surface area contributed by atoms with Gasteiger partial charge in [0.15, 0.2) is 0 Å². The Morgan fingerprint density at radius 1 is 0.853 bits per heavy atom. The number of amides is 2. The van der Waals surface area contributed by atoms with Crippen molar-refractivity contribution in [1.29, 1.82) is 0 Å². The van der Waals surface area contributed by atoms with Crippen LogP contribution in [-0.4, -0.2) is 31.6 Å². The van der Waals surface area contributed by atoms with E-state index in [1.54, 1.807) is 37.4 Å². The molecule has 2 amide bonds. The molecule has 3 aromatic carbocycles. The van der Waals surface area contributed by atoms with E-state index in [1.165, 1.54) is 4.90 Å². The first-order valence-corrected chi connectivity index (χ1v) is 11.4. The lowest BCUT2D eigenvalue weighted by Gasteiger charge is -2.22. The molecule has 34 heavy (non-hydrogen) atoms. The number of para-hydroxylation sites is 2. The second kappa shape index (κ2) is 8.71. The van der Waals surface area contributed by atoms with E-state index in [1.807, 2.05) is 55.1 Å². The number of nitrogens with zero attached hydrogens (tertiary/aromatic N) is 2. The molecule has 6 heteroatoms. The largest absolute Gasteiger partial charge is 0.496 e. The average molecular weight is 455 g/mol. The summed E-state index contributed by atoms with van der Waals surface area (Å²) in [4.78, 5) is 31.0. The topological polar surface area (TPSA) is 59.1 Å². The van der Waals surface area contributed by atoms with Gasteiger partial charge in [-0.25, -0.2) is 4.90 Å². The number of imide groups is 1. The van der Waals surface area contributed by atoms with Crippen molar-refractivity contribution in [2.75, 3.05) is 23.5 Å². The van der Waals surface area contributed by atoms with Gasteiger partial charge in [-0.2, -0.15) is 0 Å². The molecular weight excluding hydrogens is 428 g/mol. The SMILES string of the molecule is COc1ccccc1C1=C(N2CCc3ccccc32)C(=O)N(c2ccc(OC(C)C)cc2)C1=O. The second-order valence-electron chi connectivity index (χ2n) is 8.56. The van der Waals surface area contributed by atoms with Crippen LogP contribution in [0.15, 0.2) is 78.5 Å². The Balaban J connectivity index is 1.63. The van der Waals surface area contributed by atoms with Gasteiger partial charge in [0.25, 0.3) is 11.8 Å². The highest BCUT2D eigenvalue weighted by Crippen LogP contribution is 2.42. The van der Waals surface area contributed by atoms with E-state index in [9.17, 15) is 9.59 Å². The second-order valence-corrected chi connectivity index (χ2v) is 8.56. The molecule has 2 aliphatic heterocycles. The van der Waals surface area contributed by atoms with E-state index in [2.05, 4.69) is 6.07 Å². The van der Waals surface area contributed by atoms with Gasteiger partial charge >= 0.3 is 0 Å². The molecule has 0 aromatic heterocycles. The number of fused-ring (bicyclic) bond motifs is 1. The molecule has 0 spiro atoms. The van der Waals surface area contributed by atoms with E-state index >= 15 is 0 Å². The van der Waals surface area contributed by atoms with Gasteiger partial charge in [-0.1, -0.05) is 36.4 Å². The summed E-state index contributed by atoms with van der Waals surface area (Å²) in [5, 5.41) is 0. The Hall–Kier alpha value is -4.06. The van der Waals surface area contributed by atoms with Gasteiger partial charge in [0.2, 0.25) is 0 Å². The van der Waals surface area contributed by atoms with Crippen LogP contribution in [0.25, 0.3) is 5.57 Å². The summed E-state index contributed by atoms with van der Waals surface area (Å²) < 4.78 is 11.3. The molecule has 2 aliphatic rings. The lowest BCUT2D eigenvalue weighted by atomic mass is 10.0. The van der Waals surface area contributed by atoms with Crippen molar-refractivity contribution in [3.63, 3.8) is 0 Å². The van der Waals surface area contributed by atoms with Crippen LogP contribution in [0.1, 0.15) is 25.0 Å². The predicted molar refractivity (Wildman–Crippen MR) is 132 cm³/mol. The maximum atomic E-state index is 13.9. The van der Waals surface area contributed by atoms with E-state index in [0.717, 1.165) is 17.7 Å². The number of anilines is 2. The Morgan fingerprint density at radius 2 is 1.56 bits per heavy atom. The quantitative estimate of drug-likeness (QED) is 0.500. The fourth-order valence-electron chi connectivity index (χ4n) is 4.61. The van der Waals surface area contributed by atoms with Gasteiger partial charge in [0, 0.05) is 17.8 Å². The number of rotatable bonds is 6. The summed E-state index contributed by atoms with van der Waals surface area (Å²) in [7, 11) is 1.57. The van der Waals surface area contributed by atoms with Crippen LogP contribution in [0.3, 0.4) is 0 Å². The van der Waals surface area contributed by atoms with E-state index in [4.69, 9.17) is 9.47 Å². The van der Waals surface area contributed by atoms with E-state index in [-0.39, 0.29) is 17.9 Å². The molecule has 0 unspecified atom stereocenters. The number of methoxy groups -OCH3 is 1. The Bertz CT molecular complexity index is 1290. The molecule has 0 aliphatic carbocycles. The number of carbonyl (C=O) groups excluding carboxylic acids is 2. The summed E-state index contributed by atoms with van der Waals surface area (Å²) in [5.41, 5.74) is 3.94. The van der Waals surface area contributed by atoms with Crippen molar-refractivity contribution < 1.29 is 19.1 Å². The molecule has 0 radical (unpaired) electrons. The molecule has 6 nitrogen and oxygen atoms in total. The van der Waals surface area contributed by atoms with E-state index in [0.29, 0.717) is 40.6 Å². The zero-order valence-electron chi connectivity index (χ0n) is 19.4. The molecule has 0 N–H and O–H groups in total. The third-order valence-corrected chi connectivity index (χ3v) is 6.06. The van der Waals surface area contributed by atoms with Crippen LogP contribution in [0.2, 0.25) is 0 Å². The molecule has 0 fully saturated rings. The number of hydrogen-bond donors (Lipinski definition) is 0. The number of hydrogen-bond acceptors (Lipinski definition) is 5. The number of ether oxygens (including phenoxy) is 2. The molecule has 0 atom stereocenters. The third kappa shape index (κ3) is 3.61. The first-order chi connectivity index (χ1) is 16.5. The molecule has 172 valence electrons. The minimum atomic E-state index is -0.369. The van der Waals surface area contributed by atoms with Crippen LogP contribution in [-0.2, 0) is 16.0 Å². The third-order valence-electron chi connectivity index (χ3n) is 6.06. The fourth-order valence-corrected chi connectivity index (χ4v) is 4.61.